The minimum Gasteiger partial charge on any atom is -0.369 e. The van der Waals surface area contributed by atoms with Crippen LogP contribution in [0.25, 0.3) is 28.3 Å². The molecule has 206 valence electrons. The van der Waals surface area contributed by atoms with Crippen LogP contribution < -0.4 is 16.4 Å². The molecular formula is C33H27N7O2. The number of carbonyl (C=O) groups excluding carboxylic acids is 2. The maximum atomic E-state index is 12.7. The summed E-state index contributed by atoms with van der Waals surface area (Å²) in [5.41, 5.74) is 12.3. The van der Waals surface area contributed by atoms with Gasteiger partial charge in [-0.15, -0.1) is 0 Å². The quantitative estimate of drug-likeness (QED) is 0.220. The number of primary amides is 1. The normalized spacial score (nSPS) is 10.9. The summed E-state index contributed by atoms with van der Waals surface area (Å²) in [6, 6.07) is 32.3. The largest absolute Gasteiger partial charge is 0.369 e. The molecule has 0 saturated carbocycles. The van der Waals surface area contributed by atoms with Crippen molar-refractivity contribution in [3.63, 3.8) is 0 Å². The molecule has 0 saturated heterocycles. The van der Waals surface area contributed by atoms with Gasteiger partial charge in [0.05, 0.1) is 29.9 Å². The number of fused-ring (bicyclic) bond motifs is 1. The molecule has 0 fully saturated rings. The molecule has 0 aliphatic heterocycles. The molecule has 4 N–H and O–H groups in total. The zero-order valence-electron chi connectivity index (χ0n) is 22.6. The summed E-state index contributed by atoms with van der Waals surface area (Å²) in [4.78, 5) is 38.3. The summed E-state index contributed by atoms with van der Waals surface area (Å²) >= 11 is 0. The summed E-state index contributed by atoms with van der Waals surface area (Å²) < 4.78 is 1.98. The van der Waals surface area contributed by atoms with E-state index in [0.29, 0.717) is 23.0 Å². The Balaban J connectivity index is 1.33. The molecule has 42 heavy (non-hydrogen) atoms. The number of nitrogens with zero attached hydrogens (tertiary/aromatic N) is 4. The van der Waals surface area contributed by atoms with Gasteiger partial charge in [-0.25, -0.2) is 15.0 Å². The predicted octanol–water partition coefficient (Wildman–Crippen LogP) is 5.41. The Hall–Kier alpha value is -5.83. The number of hydrogen-bond donors (Lipinski definition) is 3. The molecule has 0 bridgehead atoms. The second-order valence-corrected chi connectivity index (χ2v) is 9.76. The van der Waals surface area contributed by atoms with Gasteiger partial charge in [-0.05, 0) is 53.6 Å². The van der Waals surface area contributed by atoms with E-state index in [1.54, 1.807) is 6.20 Å². The third-order valence-corrected chi connectivity index (χ3v) is 6.62. The SMILES string of the molecule is NC(=O)Cc1cccc(Nc2nccc(-c3c(-c4cccc(NC(=O)Cc5ccccc5)c4)nc4ccccn34)n2)c1. The fourth-order valence-corrected chi connectivity index (χ4v) is 4.81. The molecule has 0 unspecified atom stereocenters. The van der Waals surface area contributed by atoms with Crippen LogP contribution in [0.15, 0.2) is 116 Å². The van der Waals surface area contributed by atoms with Gasteiger partial charge in [0.15, 0.2) is 0 Å². The highest BCUT2D eigenvalue weighted by Gasteiger charge is 2.18. The first-order chi connectivity index (χ1) is 20.5. The molecule has 0 spiro atoms. The molecule has 0 atom stereocenters. The van der Waals surface area contributed by atoms with E-state index in [2.05, 4.69) is 15.6 Å². The molecule has 0 aliphatic rings. The fraction of sp³-hybridized carbons (Fsp3) is 0.0606. The van der Waals surface area contributed by atoms with Crippen molar-refractivity contribution >= 4 is 34.8 Å². The van der Waals surface area contributed by atoms with Gasteiger partial charge in [0.1, 0.15) is 5.65 Å². The lowest BCUT2D eigenvalue weighted by atomic mass is 10.1. The predicted molar refractivity (Wildman–Crippen MR) is 163 cm³/mol. The van der Waals surface area contributed by atoms with Crippen LogP contribution in [-0.4, -0.2) is 31.2 Å². The van der Waals surface area contributed by atoms with E-state index in [1.165, 1.54) is 0 Å². The molecule has 3 aromatic carbocycles. The molecule has 9 heteroatoms. The Bertz CT molecular complexity index is 1900. The third-order valence-electron chi connectivity index (χ3n) is 6.62. The third kappa shape index (κ3) is 6.00. The van der Waals surface area contributed by atoms with Crippen LogP contribution in [0.5, 0.6) is 0 Å². The Morgan fingerprint density at radius 1 is 0.762 bits per heavy atom. The maximum absolute atomic E-state index is 12.7. The number of aromatic nitrogens is 4. The lowest BCUT2D eigenvalue weighted by Gasteiger charge is -2.10. The van der Waals surface area contributed by atoms with Crippen LogP contribution in [0.2, 0.25) is 0 Å². The van der Waals surface area contributed by atoms with Crippen molar-refractivity contribution in [1.82, 2.24) is 19.4 Å². The Morgan fingerprint density at radius 2 is 1.55 bits per heavy atom. The van der Waals surface area contributed by atoms with Crippen molar-refractivity contribution in [2.24, 2.45) is 5.73 Å². The number of carbonyl (C=O) groups is 2. The van der Waals surface area contributed by atoms with Crippen molar-refractivity contribution in [2.75, 3.05) is 10.6 Å². The molecule has 3 heterocycles. The van der Waals surface area contributed by atoms with E-state index in [9.17, 15) is 9.59 Å². The molecule has 6 aromatic rings. The minimum atomic E-state index is -0.398. The van der Waals surface area contributed by atoms with Crippen LogP contribution in [0.3, 0.4) is 0 Å². The van der Waals surface area contributed by atoms with Gasteiger partial charge >= 0.3 is 0 Å². The van der Waals surface area contributed by atoms with Crippen LogP contribution in [-0.2, 0) is 22.4 Å². The molecule has 6 rings (SSSR count). The number of anilines is 3. The average Bonchev–Trinajstić information content (AvgIpc) is 3.38. The standard InChI is InChI=1S/C33H27N7O2/c34-28(41)19-23-10-6-12-25(18-23)37-33-35-16-15-27(38-33)32-31(39-29-14-4-5-17-40(29)32)24-11-7-13-26(21-24)36-30(42)20-22-8-2-1-3-9-22/h1-18,21H,19-20H2,(H2,34,41)(H,36,42)(H,35,37,38). The fourth-order valence-electron chi connectivity index (χ4n) is 4.81. The summed E-state index contributed by atoms with van der Waals surface area (Å²) in [6.45, 7) is 0. The number of imidazole rings is 1. The van der Waals surface area contributed by atoms with Crippen LogP contribution >= 0.6 is 0 Å². The van der Waals surface area contributed by atoms with Gasteiger partial charge in [0, 0.05) is 29.3 Å². The van der Waals surface area contributed by atoms with E-state index >= 15 is 0 Å². The van der Waals surface area contributed by atoms with Crippen LogP contribution in [0.4, 0.5) is 17.3 Å². The maximum Gasteiger partial charge on any atom is 0.228 e. The summed E-state index contributed by atoms with van der Waals surface area (Å²) in [5.74, 6) is -0.104. The first-order valence-corrected chi connectivity index (χ1v) is 13.4. The highest BCUT2D eigenvalue weighted by molar-refractivity contribution is 5.93. The van der Waals surface area contributed by atoms with Gasteiger partial charge in [-0.3, -0.25) is 14.0 Å². The molecular weight excluding hydrogens is 526 g/mol. The lowest BCUT2D eigenvalue weighted by molar-refractivity contribution is -0.117. The van der Waals surface area contributed by atoms with Crippen molar-refractivity contribution in [3.8, 4) is 22.6 Å². The molecule has 3 aromatic heterocycles. The average molecular weight is 554 g/mol. The number of hydrogen-bond acceptors (Lipinski definition) is 6. The molecule has 9 nitrogen and oxygen atoms in total. The topological polar surface area (TPSA) is 127 Å². The number of benzene rings is 3. The van der Waals surface area contributed by atoms with Crippen molar-refractivity contribution in [3.05, 3.63) is 127 Å². The van der Waals surface area contributed by atoms with E-state index in [4.69, 9.17) is 15.7 Å². The first kappa shape index (κ1) is 26.4. The number of rotatable bonds is 9. The number of nitrogens with one attached hydrogen (secondary N) is 2. The van der Waals surface area contributed by atoms with E-state index < -0.39 is 5.91 Å². The molecule has 2 amide bonds. The summed E-state index contributed by atoms with van der Waals surface area (Å²) in [7, 11) is 0. The monoisotopic (exact) mass is 553 g/mol. The van der Waals surface area contributed by atoms with Crippen molar-refractivity contribution in [2.45, 2.75) is 12.8 Å². The number of amides is 2. The van der Waals surface area contributed by atoms with E-state index in [0.717, 1.165) is 33.7 Å². The Kier molecular flexibility index (Phi) is 7.37. The van der Waals surface area contributed by atoms with Gasteiger partial charge in [0.2, 0.25) is 17.8 Å². The molecule has 0 radical (unpaired) electrons. The lowest BCUT2D eigenvalue weighted by Crippen LogP contribution is -2.14. The van der Waals surface area contributed by atoms with Crippen molar-refractivity contribution < 1.29 is 9.59 Å². The molecule has 0 aliphatic carbocycles. The van der Waals surface area contributed by atoms with Crippen molar-refractivity contribution in [1.29, 1.82) is 0 Å². The van der Waals surface area contributed by atoms with Gasteiger partial charge in [0.25, 0.3) is 0 Å². The van der Waals surface area contributed by atoms with Gasteiger partial charge in [-0.2, -0.15) is 0 Å². The van der Waals surface area contributed by atoms with Crippen LogP contribution in [0, 0.1) is 0 Å². The smallest absolute Gasteiger partial charge is 0.228 e. The first-order valence-electron chi connectivity index (χ1n) is 13.4. The van der Waals surface area contributed by atoms with E-state index in [-0.39, 0.29) is 18.7 Å². The summed E-state index contributed by atoms with van der Waals surface area (Å²) in [5, 5.41) is 6.23. The Labute approximate surface area is 242 Å². The van der Waals surface area contributed by atoms with E-state index in [1.807, 2.05) is 114 Å². The van der Waals surface area contributed by atoms with Crippen LogP contribution in [0.1, 0.15) is 11.1 Å². The number of pyridine rings is 1. The highest BCUT2D eigenvalue weighted by atomic mass is 16.1. The zero-order chi connectivity index (χ0) is 28.9. The second kappa shape index (κ2) is 11.7. The number of nitrogens with two attached hydrogens (primary N) is 1. The Morgan fingerprint density at radius 3 is 2.40 bits per heavy atom. The van der Waals surface area contributed by atoms with Gasteiger partial charge < -0.3 is 16.4 Å². The minimum absolute atomic E-state index is 0.0972. The van der Waals surface area contributed by atoms with Gasteiger partial charge in [-0.1, -0.05) is 60.7 Å². The highest BCUT2D eigenvalue weighted by Crippen LogP contribution is 2.33. The summed E-state index contributed by atoms with van der Waals surface area (Å²) in [6.07, 6.45) is 4.06. The zero-order valence-corrected chi connectivity index (χ0v) is 22.6. The second-order valence-electron chi connectivity index (χ2n) is 9.76.